The zero-order valence-corrected chi connectivity index (χ0v) is 9.42. The van der Waals surface area contributed by atoms with Gasteiger partial charge >= 0.3 is 0 Å². The molecule has 0 saturated carbocycles. The molecule has 0 amide bonds. The standard InChI is InChI=1S/C12H11ClN2O/c13-9-4-2-1-3-8(9)12-15-10-7-14-6-5-11(10)16-12/h1-4,14H,5-7H2. The number of hydrogen-bond donors (Lipinski definition) is 1. The zero-order valence-electron chi connectivity index (χ0n) is 8.66. The topological polar surface area (TPSA) is 38.1 Å². The Hall–Kier alpha value is -1.32. The SMILES string of the molecule is Clc1ccccc1-c1nc2c(o1)CCNC2. The highest BCUT2D eigenvalue weighted by Gasteiger charge is 2.18. The van der Waals surface area contributed by atoms with E-state index in [0.717, 1.165) is 36.5 Å². The Labute approximate surface area is 98.4 Å². The van der Waals surface area contributed by atoms with Gasteiger partial charge in [0.2, 0.25) is 5.89 Å². The van der Waals surface area contributed by atoms with Crippen LogP contribution in [0.3, 0.4) is 0 Å². The second-order valence-electron chi connectivity index (χ2n) is 3.80. The number of fused-ring (bicyclic) bond motifs is 1. The highest BCUT2D eigenvalue weighted by atomic mass is 35.5. The summed E-state index contributed by atoms with van der Waals surface area (Å²) in [6, 6.07) is 7.60. The zero-order chi connectivity index (χ0) is 11.0. The third kappa shape index (κ3) is 1.62. The fourth-order valence-electron chi connectivity index (χ4n) is 1.88. The third-order valence-electron chi connectivity index (χ3n) is 2.70. The fourth-order valence-corrected chi connectivity index (χ4v) is 2.09. The van der Waals surface area contributed by atoms with E-state index in [9.17, 15) is 0 Å². The quantitative estimate of drug-likeness (QED) is 0.825. The van der Waals surface area contributed by atoms with Crippen LogP contribution in [-0.4, -0.2) is 11.5 Å². The van der Waals surface area contributed by atoms with Crippen LogP contribution in [0.1, 0.15) is 11.5 Å². The molecule has 0 saturated heterocycles. The van der Waals surface area contributed by atoms with Gasteiger partial charge in [0.1, 0.15) is 5.76 Å². The minimum absolute atomic E-state index is 0.624. The highest BCUT2D eigenvalue weighted by Crippen LogP contribution is 2.29. The maximum Gasteiger partial charge on any atom is 0.228 e. The molecule has 3 rings (SSSR count). The second-order valence-corrected chi connectivity index (χ2v) is 4.20. The first-order valence-corrected chi connectivity index (χ1v) is 5.66. The molecule has 4 heteroatoms. The lowest BCUT2D eigenvalue weighted by Crippen LogP contribution is -2.22. The first-order valence-electron chi connectivity index (χ1n) is 5.29. The smallest absolute Gasteiger partial charge is 0.228 e. The predicted molar refractivity (Wildman–Crippen MR) is 62.4 cm³/mol. The summed E-state index contributed by atoms with van der Waals surface area (Å²) in [6.45, 7) is 1.73. The van der Waals surface area contributed by atoms with Gasteiger partial charge in [-0.1, -0.05) is 23.7 Å². The van der Waals surface area contributed by atoms with Crippen LogP contribution in [0.25, 0.3) is 11.5 Å². The van der Waals surface area contributed by atoms with Crippen LogP contribution < -0.4 is 5.32 Å². The Kier molecular flexibility index (Phi) is 2.42. The van der Waals surface area contributed by atoms with Crippen LogP contribution in [-0.2, 0) is 13.0 Å². The van der Waals surface area contributed by atoms with E-state index in [0.29, 0.717) is 10.9 Å². The van der Waals surface area contributed by atoms with Gasteiger partial charge in [0.25, 0.3) is 0 Å². The van der Waals surface area contributed by atoms with Crippen LogP contribution in [0, 0.1) is 0 Å². The summed E-state index contributed by atoms with van der Waals surface area (Å²) in [7, 11) is 0. The van der Waals surface area contributed by atoms with E-state index in [2.05, 4.69) is 10.3 Å². The van der Waals surface area contributed by atoms with E-state index >= 15 is 0 Å². The summed E-state index contributed by atoms with van der Waals surface area (Å²) < 4.78 is 5.74. The monoisotopic (exact) mass is 234 g/mol. The Bertz CT molecular complexity index is 498. The largest absolute Gasteiger partial charge is 0.441 e. The molecule has 0 unspecified atom stereocenters. The number of aromatic nitrogens is 1. The second kappa shape index (κ2) is 3.92. The first-order chi connectivity index (χ1) is 7.84. The van der Waals surface area contributed by atoms with E-state index in [1.807, 2.05) is 24.3 Å². The number of oxazole rings is 1. The van der Waals surface area contributed by atoms with Crippen molar-refractivity contribution in [1.82, 2.24) is 10.3 Å². The van der Waals surface area contributed by atoms with Crippen LogP contribution in [0.15, 0.2) is 28.7 Å². The lowest BCUT2D eigenvalue weighted by atomic mass is 10.2. The summed E-state index contributed by atoms with van der Waals surface area (Å²) in [4.78, 5) is 4.47. The summed E-state index contributed by atoms with van der Waals surface area (Å²) in [5.74, 6) is 1.60. The van der Waals surface area contributed by atoms with Gasteiger partial charge in [-0.05, 0) is 12.1 Å². The minimum atomic E-state index is 0.624. The molecule has 0 fully saturated rings. The third-order valence-corrected chi connectivity index (χ3v) is 3.03. The predicted octanol–water partition coefficient (Wildman–Crippen LogP) is 2.64. The van der Waals surface area contributed by atoms with Gasteiger partial charge < -0.3 is 9.73 Å². The maximum absolute atomic E-state index is 6.11. The van der Waals surface area contributed by atoms with Crippen LogP contribution in [0.4, 0.5) is 0 Å². The summed E-state index contributed by atoms with van der Waals surface area (Å²) in [6.07, 6.45) is 0.896. The van der Waals surface area contributed by atoms with Crippen LogP contribution >= 0.6 is 11.6 Å². The lowest BCUT2D eigenvalue weighted by molar-refractivity contribution is 0.483. The average molecular weight is 235 g/mol. The molecule has 1 aliphatic heterocycles. The molecular formula is C12H11ClN2O. The number of nitrogens with zero attached hydrogens (tertiary/aromatic N) is 1. The van der Waals surface area contributed by atoms with Gasteiger partial charge in [0.15, 0.2) is 0 Å². The number of hydrogen-bond acceptors (Lipinski definition) is 3. The van der Waals surface area contributed by atoms with Gasteiger partial charge in [-0.2, -0.15) is 0 Å². The molecule has 0 radical (unpaired) electrons. The Morgan fingerprint density at radius 3 is 3.00 bits per heavy atom. The van der Waals surface area contributed by atoms with Crippen molar-refractivity contribution in [3.05, 3.63) is 40.7 Å². The molecule has 2 heterocycles. The molecule has 1 aromatic heterocycles. The molecule has 2 aromatic rings. The normalized spacial score (nSPS) is 14.8. The van der Waals surface area contributed by atoms with E-state index in [1.54, 1.807) is 0 Å². The molecule has 0 bridgehead atoms. The van der Waals surface area contributed by atoms with Crippen LogP contribution in [0.2, 0.25) is 5.02 Å². The lowest BCUT2D eigenvalue weighted by Gasteiger charge is -2.08. The van der Waals surface area contributed by atoms with Crippen molar-refractivity contribution in [1.29, 1.82) is 0 Å². The summed E-state index contributed by atoms with van der Waals surface area (Å²) >= 11 is 6.11. The molecule has 0 atom stereocenters. The van der Waals surface area contributed by atoms with E-state index in [1.165, 1.54) is 0 Å². The molecule has 1 aliphatic rings. The number of rotatable bonds is 1. The van der Waals surface area contributed by atoms with Gasteiger partial charge in [0.05, 0.1) is 16.3 Å². The van der Waals surface area contributed by atoms with Gasteiger partial charge in [0, 0.05) is 19.5 Å². The van der Waals surface area contributed by atoms with Gasteiger partial charge in [-0.25, -0.2) is 4.98 Å². The Balaban J connectivity index is 2.07. The Morgan fingerprint density at radius 1 is 1.31 bits per heavy atom. The maximum atomic E-state index is 6.11. The van der Waals surface area contributed by atoms with Crippen molar-refractivity contribution in [3.63, 3.8) is 0 Å². The highest BCUT2D eigenvalue weighted by molar-refractivity contribution is 6.33. The van der Waals surface area contributed by atoms with Crippen molar-refractivity contribution >= 4 is 11.6 Å². The van der Waals surface area contributed by atoms with Crippen molar-refractivity contribution in [2.75, 3.05) is 6.54 Å². The molecule has 1 aromatic carbocycles. The molecule has 16 heavy (non-hydrogen) atoms. The molecule has 1 N–H and O–H groups in total. The fraction of sp³-hybridized carbons (Fsp3) is 0.250. The summed E-state index contributed by atoms with van der Waals surface area (Å²) in [5, 5.41) is 3.94. The molecule has 0 spiro atoms. The molecule has 3 nitrogen and oxygen atoms in total. The summed E-state index contributed by atoms with van der Waals surface area (Å²) in [5.41, 5.74) is 1.86. The van der Waals surface area contributed by atoms with Crippen molar-refractivity contribution in [2.45, 2.75) is 13.0 Å². The van der Waals surface area contributed by atoms with Crippen LogP contribution in [0.5, 0.6) is 0 Å². The van der Waals surface area contributed by atoms with E-state index < -0.39 is 0 Å². The molecule has 0 aliphatic carbocycles. The Morgan fingerprint density at radius 2 is 2.19 bits per heavy atom. The number of halogens is 1. The van der Waals surface area contributed by atoms with E-state index in [4.69, 9.17) is 16.0 Å². The van der Waals surface area contributed by atoms with Crippen molar-refractivity contribution in [2.24, 2.45) is 0 Å². The van der Waals surface area contributed by atoms with Crippen molar-refractivity contribution in [3.8, 4) is 11.5 Å². The van der Waals surface area contributed by atoms with Gasteiger partial charge in [-0.15, -0.1) is 0 Å². The van der Waals surface area contributed by atoms with Gasteiger partial charge in [-0.3, -0.25) is 0 Å². The number of benzene rings is 1. The first kappa shape index (κ1) is 9.87. The molecular weight excluding hydrogens is 224 g/mol. The average Bonchev–Trinajstić information content (AvgIpc) is 2.73. The minimum Gasteiger partial charge on any atom is -0.441 e. The van der Waals surface area contributed by atoms with Crippen molar-refractivity contribution < 1.29 is 4.42 Å². The van der Waals surface area contributed by atoms with E-state index in [-0.39, 0.29) is 0 Å². The molecule has 82 valence electrons. The number of nitrogens with one attached hydrogen (secondary N) is 1.